The van der Waals surface area contributed by atoms with Gasteiger partial charge in [-0.15, -0.1) is 0 Å². The second kappa shape index (κ2) is 6.88. The van der Waals surface area contributed by atoms with E-state index in [2.05, 4.69) is 5.32 Å². The summed E-state index contributed by atoms with van der Waals surface area (Å²) < 4.78 is 1.44. The summed E-state index contributed by atoms with van der Waals surface area (Å²) in [6.07, 6.45) is 1.68. The van der Waals surface area contributed by atoms with Crippen molar-refractivity contribution in [3.05, 3.63) is 34.2 Å². The minimum atomic E-state index is -1.05. The van der Waals surface area contributed by atoms with E-state index in [0.29, 0.717) is 5.56 Å². The highest BCUT2D eigenvalue weighted by Gasteiger charge is 2.23. The molecule has 0 aliphatic carbocycles. The van der Waals surface area contributed by atoms with Gasteiger partial charge in [-0.2, -0.15) is 0 Å². The van der Waals surface area contributed by atoms with E-state index in [4.69, 9.17) is 5.11 Å². The van der Waals surface area contributed by atoms with Crippen LogP contribution in [0.5, 0.6) is 0 Å². The van der Waals surface area contributed by atoms with Crippen molar-refractivity contribution in [3.63, 3.8) is 0 Å². The van der Waals surface area contributed by atoms with Crippen molar-refractivity contribution in [1.82, 2.24) is 9.88 Å². The maximum atomic E-state index is 11.8. The Morgan fingerprint density at radius 3 is 2.60 bits per heavy atom. The molecule has 6 heteroatoms. The molecule has 110 valence electrons. The Morgan fingerprint density at radius 2 is 2.05 bits per heavy atom. The molecule has 0 aliphatic rings. The van der Waals surface area contributed by atoms with Crippen LogP contribution in [0.15, 0.2) is 23.1 Å². The molecule has 1 aromatic rings. The van der Waals surface area contributed by atoms with Crippen LogP contribution in [0.25, 0.3) is 0 Å². The number of hydrogen-bond donors (Lipinski definition) is 2. The summed E-state index contributed by atoms with van der Waals surface area (Å²) in [7, 11) is 0. The second-order valence-electron chi connectivity index (χ2n) is 5.07. The fourth-order valence-corrected chi connectivity index (χ4v) is 1.81. The standard InChI is InChI=1S/C14H20N2O4/c1-9(2)12(14(19)20)15-11(17)6-8-16-7-4-5-10(3)13(16)18/h4-5,7,9,12H,6,8H2,1-3H3,(H,15,17)(H,19,20). The summed E-state index contributed by atoms with van der Waals surface area (Å²) in [5.41, 5.74) is 0.470. The van der Waals surface area contributed by atoms with Crippen molar-refractivity contribution < 1.29 is 14.7 Å². The zero-order valence-electron chi connectivity index (χ0n) is 11.9. The Balaban J connectivity index is 2.62. The topological polar surface area (TPSA) is 88.4 Å². The second-order valence-corrected chi connectivity index (χ2v) is 5.07. The number of carboxylic acids is 1. The Hall–Kier alpha value is -2.11. The first kappa shape index (κ1) is 15.9. The number of hydrogen-bond acceptors (Lipinski definition) is 3. The first-order chi connectivity index (χ1) is 9.32. The van der Waals surface area contributed by atoms with Crippen LogP contribution in [-0.4, -0.2) is 27.6 Å². The van der Waals surface area contributed by atoms with Crippen LogP contribution in [-0.2, 0) is 16.1 Å². The Bertz CT molecular complexity index is 548. The van der Waals surface area contributed by atoms with Crippen LogP contribution >= 0.6 is 0 Å². The number of aliphatic carboxylic acids is 1. The van der Waals surface area contributed by atoms with Crippen LogP contribution in [0.3, 0.4) is 0 Å². The number of rotatable bonds is 6. The molecule has 1 amide bonds. The van der Waals surface area contributed by atoms with Crippen molar-refractivity contribution in [2.75, 3.05) is 0 Å². The first-order valence-corrected chi connectivity index (χ1v) is 6.51. The van der Waals surface area contributed by atoms with Gasteiger partial charge in [-0.25, -0.2) is 4.79 Å². The summed E-state index contributed by atoms with van der Waals surface area (Å²) in [6.45, 7) is 5.39. The van der Waals surface area contributed by atoms with Crippen LogP contribution in [0.1, 0.15) is 25.8 Å². The van der Waals surface area contributed by atoms with Gasteiger partial charge in [0.1, 0.15) is 6.04 Å². The monoisotopic (exact) mass is 280 g/mol. The minimum absolute atomic E-state index is 0.0693. The number of aryl methyl sites for hydroxylation is 2. The summed E-state index contributed by atoms with van der Waals surface area (Å²) in [4.78, 5) is 34.5. The van der Waals surface area contributed by atoms with Crippen LogP contribution < -0.4 is 10.9 Å². The van der Waals surface area contributed by atoms with E-state index in [1.165, 1.54) is 4.57 Å². The zero-order valence-corrected chi connectivity index (χ0v) is 11.9. The maximum absolute atomic E-state index is 11.8. The molecular weight excluding hydrogens is 260 g/mol. The SMILES string of the molecule is Cc1cccn(CCC(=O)NC(C(=O)O)C(C)C)c1=O. The molecule has 2 N–H and O–H groups in total. The van der Waals surface area contributed by atoms with Gasteiger partial charge in [0.05, 0.1) is 0 Å². The molecule has 20 heavy (non-hydrogen) atoms. The molecular formula is C14H20N2O4. The van der Waals surface area contributed by atoms with E-state index in [0.717, 1.165) is 0 Å². The van der Waals surface area contributed by atoms with Crippen LogP contribution in [0, 0.1) is 12.8 Å². The molecule has 1 rings (SSSR count). The molecule has 0 spiro atoms. The highest BCUT2D eigenvalue weighted by atomic mass is 16.4. The fourth-order valence-electron chi connectivity index (χ4n) is 1.81. The highest BCUT2D eigenvalue weighted by molar-refractivity contribution is 5.83. The Morgan fingerprint density at radius 1 is 1.40 bits per heavy atom. The summed E-state index contributed by atoms with van der Waals surface area (Å²) in [5.74, 6) is -1.63. The fraction of sp³-hybridized carbons (Fsp3) is 0.500. The maximum Gasteiger partial charge on any atom is 0.326 e. The molecule has 0 aromatic carbocycles. The summed E-state index contributed by atoms with van der Waals surface area (Å²) >= 11 is 0. The largest absolute Gasteiger partial charge is 0.480 e. The smallest absolute Gasteiger partial charge is 0.326 e. The minimum Gasteiger partial charge on any atom is -0.480 e. The summed E-state index contributed by atoms with van der Waals surface area (Å²) in [6, 6.07) is 2.54. The van der Waals surface area contributed by atoms with Crippen molar-refractivity contribution in [1.29, 1.82) is 0 Å². The molecule has 0 fully saturated rings. The van der Waals surface area contributed by atoms with E-state index in [-0.39, 0.29) is 30.3 Å². The number of nitrogens with zero attached hydrogens (tertiary/aromatic N) is 1. The summed E-state index contributed by atoms with van der Waals surface area (Å²) in [5, 5.41) is 11.5. The number of aromatic nitrogens is 1. The van der Waals surface area contributed by atoms with Gasteiger partial charge in [0.2, 0.25) is 5.91 Å². The molecule has 1 aromatic heterocycles. The first-order valence-electron chi connectivity index (χ1n) is 6.51. The van der Waals surface area contributed by atoms with Gasteiger partial charge in [-0.3, -0.25) is 9.59 Å². The Labute approximate surface area is 117 Å². The van der Waals surface area contributed by atoms with Crippen LogP contribution in [0.4, 0.5) is 0 Å². The van der Waals surface area contributed by atoms with Gasteiger partial charge < -0.3 is 15.0 Å². The molecule has 0 saturated carbocycles. The molecule has 0 aliphatic heterocycles. The third-order valence-electron chi connectivity index (χ3n) is 3.04. The lowest BCUT2D eigenvalue weighted by Gasteiger charge is -2.18. The van der Waals surface area contributed by atoms with Gasteiger partial charge in [0.15, 0.2) is 0 Å². The van der Waals surface area contributed by atoms with Crippen LogP contribution in [0.2, 0.25) is 0 Å². The molecule has 1 atom stereocenters. The van der Waals surface area contributed by atoms with E-state index >= 15 is 0 Å². The predicted molar refractivity (Wildman–Crippen MR) is 74.5 cm³/mol. The van der Waals surface area contributed by atoms with E-state index in [1.807, 2.05) is 0 Å². The average Bonchev–Trinajstić information content (AvgIpc) is 2.37. The Kier molecular flexibility index (Phi) is 5.49. The van der Waals surface area contributed by atoms with Gasteiger partial charge >= 0.3 is 5.97 Å². The van der Waals surface area contributed by atoms with Crippen molar-refractivity contribution in [2.45, 2.75) is 39.8 Å². The van der Waals surface area contributed by atoms with Gasteiger partial charge in [-0.05, 0) is 18.9 Å². The zero-order chi connectivity index (χ0) is 15.3. The molecule has 1 unspecified atom stereocenters. The number of carbonyl (C=O) groups is 2. The van der Waals surface area contributed by atoms with E-state index in [1.54, 1.807) is 39.1 Å². The highest BCUT2D eigenvalue weighted by Crippen LogP contribution is 2.02. The number of nitrogens with one attached hydrogen (secondary N) is 1. The lowest BCUT2D eigenvalue weighted by atomic mass is 10.0. The van der Waals surface area contributed by atoms with Crippen molar-refractivity contribution in [2.24, 2.45) is 5.92 Å². The molecule has 0 radical (unpaired) electrons. The average molecular weight is 280 g/mol. The normalized spacial score (nSPS) is 12.2. The third kappa shape index (κ3) is 4.22. The van der Waals surface area contributed by atoms with E-state index in [9.17, 15) is 14.4 Å². The molecule has 6 nitrogen and oxygen atoms in total. The lowest BCUT2D eigenvalue weighted by molar-refractivity contribution is -0.143. The third-order valence-corrected chi connectivity index (χ3v) is 3.04. The van der Waals surface area contributed by atoms with E-state index < -0.39 is 12.0 Å². The predicted octanol–water partition coefficient (Wildman–Crippen LogP) is 0.772. The lowest BCUT2D eigenvalue weighted by Crippen LogP contribution is -2.44. The molecule has 0 bridgehead atoms. The number of carbonyl (C=O) groups excluding carboxylic acids is 1. The molecule has 0 saturated heterocycles. The number of pyridine rings is 1. The van der Waals surface area contributed by atoms with Gasteiger partial charge in [0.25, 0.3) is 5.56 Å². The van der Waals surface area contributed by atoms with Gasteiger partial charge in [-0.1, -0.05) is 19.9 Å². The molecule has 1 heterocycles. The number of carboxylic acid groups (broad SMARTS) is 1. The van der Waals surface area contributed by atoms with Crippen molar-refractivity contribution in [3.8, 4) is 0 Å². The van der Waals surface area contributed by atoms with Gasteiger partial charge in [0, 0.05) is 24.7 Å². The number of amides is 1. The van der Waals surface area contributed by atoms with Crippen molar-refractivity contribution >= 4 is 11.9 Å². The quantitative estimate of drug-likeness (QED) is 0.805.